The Balaban J connectivity index is 3.25. The van der Waals surface area contributed by atoms with Crippen molar-refractivity contribution < 1.29 is 0 Å². The van der Waals surface area contributed by atoms with Gasteiger partial charge in [-0.15, -0.1) is 0 Å². The summed E-state index contributed by atoms with van der Waals surface area (Å²) < 4.78 is 0. The summed E-state index contributed by atoms with van der Waals surface area (Å²) >= 11 is 0. The Kier molecular flexibility index (Phi) is 7.23. The second-order valence-electron chi connectivity index (χ2n) is 4.26. The number of likely N-dealkylation sites (N-methyl/N-ethyl adjacent to an activating group) is 2. The maximum atomic E-state index is 2.39. The summed E-state index contributed by atoms with van der Waals surface area (Å²) in [6, 6.07) is 0. The van der Waals surface area contributed by atoms with Gasteiger partial charge in [-0.2, -0.15) is 0 Å². The first kappa shape index (κ1) is 12.9. The van der Waals surface area contributed by atoms with E-state index in [0.717, 1.165) is 6.54 Å². The molecule has 0 aromatic carbocycles. The summed E-state index contributed by atoms with van der Waals surface area (Å²) in [6.45, 7) is 4.71. The van der Waals surface area contributed by atoms with Crippen LogP contribution < -0.4 is 0 Å². The van der Waals surface area contributed by atoms with E-state index in [1.807, 2.05) is 0 Å². The van der Waals surface area contributed by atoms with Crippen LogP contribution in [-0.2, 0) is 0 Å². The van der Waals surface area contributed by atoms with E-state index >= 15 is 0 Å². The lowest BCUT2D eigenvalue weighted by molar-refractivity contribution is 0.266. The Bertz CT molecular complexity index is 113. The van der Waals surface area contributed by atoms with Crippen molar-refractivity contribution in [3.8, 4) is 0 Å². The molecule has 0 N–H and O–H groups in total. The van der Waals surface area contributed by atoms with E-state index in [-0.39, 0.29) is 0 Å². The molecule has 3 nitrogen and oxygen atoms in total. The molecule has 0 saturated carbocycles. The zero-order valence-corrected chi connectivity index (χ0v) is 9.88. The maximum Gasteiger partial charge on any atom is 0.0106 e. The summed E-state index contributed by atoms with van der Waals surface area (Å²) in [6.07, 6.45) is 1.26. The molecule has 0 spiro atoms. The SMILES string of the molecule is CN(C)CCCN(C)CCN(C)C. The molecule has 0 saturated heterocycles. The molecule has 0 fully saturated rings. The van der Waals surface area contributed by atoms with Gasteiger partial charge in [-0.25, -0.2) is 0 Å². The third-order valence-electron chi connectivity index (χ3n) is 2.07. The van der Waals surface area contributed by atoms with Gasteiger partial charge in [0.25, 0.3) is 0 Å². The van der Waals surface area contributed by atoms with Gasteiger partial charge in [-0.05, 0) is 54.7 Å². The Hall–Kier alpha value is -0.120. The van der Waals surface area contributed by atoms with E-state index in [0.29, 0.717) is 0 Å². The minimum Gasteiger partial charge on any atom is -0.309 e. The van der Waals surface area contributed by atoms with E-state index in [1.54, 1.807) is 0 Å². The molecule has 0 aromatic heterocycles. The molecule has 0 bridgehead atoms. The molecular weight excluding hydrogens is 162 g/mol. The molecule has 0 amide bonds. The van der Waals surface area contributed by atoms with Gasteiger partial charge in [0, 0.05) is 13.1 Å². The summed E-state index contributed by atoms with van der Waals surface area (Å²) in [4.78, 5) is 6.85. The van der Waals surface area contributed by atoms with Crippen LogP contribution in [0.2, 0.25) is 0 Å². The molecule has 3 heteroatoms. The molecule has 0 aliphatic rings. The molecule has 0 heterocycles. The lowest BCUT2D eigenvalue weighted by Crippen LogP contribution is -2.30. The smallest absolute Gasteiger partial charge is 0.0106 e. The van der Waals surface area contributed by atoms with Gasteiger partial charge in [0.2, 0.25) is 0 Å². The van der Waals surface area contributed by atoms with E-state index in [9.17, 15) is 0 Å². The third-order valence-corrected chi connectivity index (χ3v) is 2.07. The van der Waals surface area contributed by atoms with E-state index < -0.39 is 0 Å². The fourth-order valence-electron chi connectivity index (χ4n) is 1.14. The topological polar surface area (TPSA) is 9.72 Å². The van der Waals surface area contributed by atoms with Crippen molar-refractivity contribution in [2.24, 2.45) is 0 Å². The molecule has 0 aromatic rings. The van der Waals surface area contributed by atoms with Crippen molar-refractivity contribution in [2.75, 3.05) is 61.4 Å². The fraction of sp³-hybridized carbons (Fsp3) is 1.00. The largest absolute Gasteiger partial charge is 0.309 e. The van der Waals surface area contributed by atoms with Crippen LogP contribution in [0.25, 0.3) is 0 Å². The lowest BCUT2D eigenvalue weighted by Gasteiger charge is -2.20. The molecular formula is C10H25N3. The zero-order valence-electron chi connectivity index (χ0n) is 9.88. The van der Waals surface area contributed by atoms with Crippen LogP contribution in [0.3, 0.4) is 0 Å². The van der Waals surface area contributed by atoms with Crippen molar-refractivity contribution in [1.29, 1.82) is 0 Å². The van der Waals surface area contributed by atoms with Gasteiger partial charge in [0.15, 0.2) is 0 Å². The molecule has 0 unspecified atom stereocenters. The number of nitrogens with zero attached hydrogens (tertiary/aromatic N) is 3. The van der Waals surface area contributed by atoms with Gasteiger partial charge in [-0.1, -0.05) is 0 Å². The summed E-state index contributed by atoms with van der Waals surface area (Å²) in [5.74, 6) is 0. The standard InChI is InChI=1S/C10H25N3/c1-11(2)7-6-8-13(5)10-9-12(3)4/h6-10H2,1-5H3. The molecule has 0 aliphatic carbocycles. The van der Waals surface area contributed by atoms with Gasteiger partial charge < -0.3 is 14.7 Å². The highest BCUT2D eigenvalue weighted by molar-refractivity contribution is 4.55. The second-order valence-corrected chi connectivity index (χ2v) is 4.26. The number of hydrogen-bond acceptors (Lipinski definition) is 3. The number of rotatable bonds is 7. The van der Waals surface area contributed by atoms with Crippen LogP contribution in [0.4, 0.5) is 0 Å². The highest BCUT2D eigenvalue weighted by Gasteiger charge is 1.99. The van der Waals surface area contributed by atoms with E-state index in [4.69, 9.17) is 0 Å². The molecule has 0 aliphatic heterocycles. The minimum atomic E-state index is 1.15. The lowest BCUT2D eigenvalue weighted by atomic mass is 10.3. The average molecular weight is 187 g/mol. The molecule has 0 radical (unpaired) electrons. The zero-order chi connectivity index (χ0) is 10.3. The van der Waals surface area contributed by atoms with E-state index in [2.05, 4.69) is 49.9 Å². The van der Waals surface area contributed by atoms with Crippen LogP contribution in [0.15, 0.2) is 0 Å². The number of hydrogen-bond donors (Lipinski definition) is 0. The van der Waals surface area contributed by atoms with Gasteiger partial charge in [0.1, 0.15) is 0 Å². The first-order valence-corrected chi connectivity index (χ1v) is 5.00. The minimum absolute atomic E-state index is 1.15. The predicted octanol–water partition coefficient (Wildman–Crippen LogP) is 0.432. The Morgan fingerprint density at radius 2 is 1.15 bits per heavy atom. The van der Waals surface area contributed by atoms with Crippen LogP contribution in [-0.4, -0.2) is 76.1 Å². The van der Waals surface area contributed by atoms with Crippen LogP contribution in [0.1, 0.15) is 6.42 Å². The van der Waals surface area contributed by atoms with Crippen molar-refractivity contribution in [1.82, 2.24) is 14.7 Å². The maximum absolute atomic E-state index is 2.39. The van der Waals surface area contributed by atoms with Gasteiger partial charge in [-0.3, -0.25) is 0 Å². The van der Waals surface area contributed by atoms with Gasteiger partial charge in [0.05, 0.1) is 0 Å². The monoisotopic (exact) mass is 187 g/mol. The van der Waals surface area contributed by atoms with Crippen molar-refractivity contribution >= 4 is 0 Å². The first-order valence-electron chi connectivity index (χ1n) is 5.00. The molecule has 13 heavy (non-hydrogen) atoms. The second kappa shape index (κ2) is 7.30. The van der Waals surface area contributed by atoms with E-state index in [1.165, 1.54) is 26.1 Å². The van der Waals surface area contributed by atoms with Crippen molar-refractivity contribution in [3.63, 3.8) is 0 Å². The highest BCUT2D eigenvalue weighted by Crippen LogP contribution is 1.89. The van der Waals surface area contributed by atoms with Crippen LogP contribution >= 0.6 is 0 Å². The normalized spacial score (nSPS) is 12.0. The van der Waals surface area contributed by atoms with Gasteiger partial charge >= 0.3 is 0 Å². The predicted molar refractivity (Wildman–Crippen MR) is 59.2 cm³/mol. The molecule has 0 rings (SSSR count). The van der Waals surface area contributed by atoms with Crippen molar-refractivity contribution in [2.45, 2.75) is 6.42 Å². The van der Waals surface area contributed by atoms with Crippen LogP contribution in [0.5, 0.6) is 0 Å². The third kappa shape index (κ3) is 9.80. The molecule has 0 atom stereocenters. The highest BCUT2D eigenvalue weighted by atomic mass is 15.1. The summed E-state index contributed by atoms with van der Waals surface area (Å²) in [5, 5.41) is 0. The Labute approximate surface area is 83.3 Å². The Morgan fingerprint density at radius 1 is 0.615 bits per heavy atom. The Morgan fingerprint density at radius 3 is 1.62 bits per heavy atom. The average Bonchev–Trinajstić information content (AvgIpc) is 2.00. The fourth-order valence-corrected chi connectivity index (χ4v) is 1.14. The first-order chi connectivity index (χ1) is 6.02. The quantitative estimate of drug-likeness (QED) is 0.572. The van der Waals surface area contributed by atoms with Crippen LogP contribution in [0, 0.1) is 0 Å². The summed E-state index contributed by atoms with van der Waals surface area (Å²) in [5.41, 5.74) is 0. The van der Waals surface area contributed by atoms with Crippen molar-refractivity contribution in [3.05, 3.63) is 0 Å². The summed E-state index contributed by atoms with van der Waals surface area (Å²) in [7, 11) is 10.7. The molecule has 80 valence electrons.